The lowest BCUT2D eigenvalue weighted by Crippen LogP contribution is -2.30. The summed E-state index contributed by atoms with van der Waals surface area (Å²) in [5.41, 5.74) is 1.79. The van der Waals surface area contributed by atoms with Crippen molar-refractivity contribution in [3.63, 3.8) is 0 Å². The molecule has 1 aromatic heterocycles. The zero-order chi connectivity index (χ0) is 18.0. The minimum atomic E-state index is -0.627. The third-order valence-corrected chi connectivity index (χ3v) is 4.36. The fourth-order valence-corrected chi connectivity index (χ4v) is 2.66. The van der Waals surface area contributed by atoms with Crippen LogP contribution in [0.15, 0.2) is 55.1 Å². The Labute approximate surface area is 149 Å². The molecule has 128 valence electrons. The fourth-order valence-electron chi connectivity index (χ4n) is 2.50. The van der Waals surface area contributed by atoms with Crippen LogP contribution in [0.25, 0.3) is 5.69 Å². The van der Waals surface area contributed by atoms with E-state index >= 15 is 0 Å². The van der Waals surface area contributed by atoms with Crippen molar-refractivity contribution in [2.24, 2.45) is 0 Å². The van der Waals surface area contributed by atoms with Gasteiger partial charge < -0.3 is 4.90 Å². The van der Waals surface area contributed by atoms with Crippen LogP contribution in [0.4, 0.5) is 4.39 Å². The highest BCUT2D eigenvalue weighted by Crippen LogP contribution is 2.23. The van der Waals surface area contributed by atoms with Crippen LogP contribution in [0.1, 0.15) is 28.9 Å². The van der Waals surface area contributed by atoms with Gasteiger partial charge in [-0.15, -0.1) is 0 Å². The molecule has 0 radical (unpaired) electrons. The monoisotopic (exact) mass is 358 g/mol. The lowest BCUT2D eigenvalue weighted by atomic mass is 10.1. The summed E-state index contributed by atoms with van der Waals surface area (Å²) in [6.45, 7) is 1.89. The summed E-state index contributed by atoms with van der Waals surface area (Å²) in [7, 11) is 1.65. The number of benzene rings is 2. The zero-order valence-electron chi connectivity index (χ0n) is 13.7. The number of carbonyl (C=O) groups is 1. The molecular weight excluding hydrogens is 343 g/mol. The molecule has 0 saturated carbocycles. The molecule has 1 heterocycles. The second-order valence-electron chi connectivity index (χ2n) is 5.65. The van der Waals surface area contributed by atoms with E-state index in [1.165, 1.54) is 23.4 Å². The van der Waals surface area contributed by atoms with E-state index in [0.717, 1.165) is 17.3 Å². The molecule has 0 aliphatic heterocycles. The molecule has 2 aromatic carbocycles. The second kappa shape index (κ2) is 7.03. The minimum Gasteiger partial charge on any atom is -0.335 e. The maximum absolute atomic E-state index is 14.0. The summed E-state index contributed by atoms with van der Waals surface area (Å²) >= 11 is 5.74. The smallest absolute Gasteiger partial charge is 0.257 e. The molecule has 7 heteroatoms. The molecule has 0 bridgehead atoms. The van der Waals surface area contributed by atoms with E-state index in [-0.39, 0.29) is 16.6 Å². The average molecular weight is 359 g/mol. The van der Waals surface area contributed by atoms with Gasteiger partial charge in [0.2, 0.25) is 0 Å². The molecule has 0 N–H and O–H groups in total. The minimum absolute atomic E-state index is 0.00187. The largest absolute Gasteiger partial charge is 0.335 e. The Morgan fingerprint density at radius 2 is 1.96 bits per heavy atom. The number of hydrogen-bond donors (Lipinski definition) is 0. The molecule has 0 spiro atoms. The van der Waals surface area contributed by atoms with Gasteiger partial charge in [0.05, 0.1) is 17.3 Å². The van der Waals surface area contributed by atoms with Crippen LogP contribution in [0, 0.1) is 5.82 Å². The van der Waals surface area contributed by atoms with Crippen molar-refractivity contribution >= 4 is 17.5 Å². The van der Waals surface area contributed by atoms with Gasteiger partial charge in [-0.2, -0.15) is 5.10 Å². The van der Waals surface area contributed by atoms with Crippen molar-refractivity contribution in [1.29, 1.82) is 0 Å². The average Bonchev–Trinajstić information content (AvgIpc) is 3.15. The fraction of sp³-hybridized carbons (Fsp3) is 0.167. The summed E-state index contributed by atoms with van der Waals surface area (Å²) in [5.74, 6) is -1.03. The van der Waals surface area contributed by atoms with E-state index in [4.69, 9.17) is 11.6 Å². The van der Waals surface area contributed by atoms with E-state index in [0.29, 0.717) is 0 Å². The number of halogens is 2. The molecule has 0 aliphatic rings. The summed E-state index contributed by atoms with van der Waals surface area (Å²) < 4.78 is 15.6. The Balaban J connectivity index is 1.79. The first-order valence-electron chi connectivity index (χ1n) is 7.64. The van der Waals surface area contributed by atoms with Crippen LogP contribution in [0.5, 0.6) is 0 Å². The highest BCUT2D eigenvalue weighted by Gasteiger charge is 2.21. The van der Waals surface area contributed by atoms with Crippen LogP contribution in [-0.2, 0) is 0 Å². The third kappa shape index (κ3) is 3.53. The molecule has 3 aromatic rings. The predicted octanol–water partition coefficient (Wildman–Crippen LogP) is 3.89. The maximum atomic E-state index is 14.0. The molecule has 0 unspecified atom stereocenters. The standard InChI is InChI=1S/C18H16ClFN4O/c1-12(13-3-6-15(7-4-13)24-11-21-10-22-24)23(2)18(25)16-8-5-14(19)9-17(16)20/h3-12H,1-2H3/t12-/m0/s1. The Bertz CT molecular complexity index is 881. The van der Waals surface area contributed by atoms with Gasteiger partial charge in [0, 0.05) is 12.1 Å². The first-order valence-corrected chi connectivity index (χ1v) is 8.02. The summed E-state index contributed by atoms with van der Waals surface area (Å²) in [4.78, 5) is 18.0. The van der Waals surface area contributed by atoms with E-state index in [1.54, 1.807) is 18.1 Å². The van der Waals surface area contributed by atoms with Crippen LogP contribution in [0.2, 0.25) is 5.02 Å². The van der Waals surface area contributed by atoms with Crippen molar-refractivity contribution < 1.29 is 9.18 Å². The first kappa shape index (κ1) is 17.1. The summed E-state index contributed by atoms with van der Waals surface area (Å²) in [6.07, 6.45) is 3.07. The third-order valence-electron chi connectivity index (χ3n) is 4.12. The van der Waals surface area contributed by atoms with Crippen LogP contribution in [-0.4, -0.2) is 32.6 Å². The molecule has 3 rings (SSSR count). The van der Waals surface area contributed by atoms with E-state index in [1.807, 2.05) is 31.2 Å². The number of carbonyl (C=O) groups excluding carboxylic acids is 1. The van der Waals surface area contributed by atoms with Gasteiger partial charge in [-0.05, 0) is 42.8 Å². The molecule has 5 nitrogen and oxygen atoms in total. The van der Waals surface area contributed by atoms with Crippen molar-refractivity contribution in [3.05, 3.63) is 77.1 Å². The molecule has 0 saturated heterocycles. The Hall–Kier alpha value is -2.73. The van der Waals surface area contributed by atoms with Gasteiger partial charge in [0.1, 0.15) is 18.5 Å². The summed E-state index contributed by atoms with van der Waals surface area (Å²) in [5, 5.41) is 4.33. The van der Waals surface area contributed by atoms with Crippen molar-refractivity contribution in [2.75, 3.05) is 7.05 Å². The van der Waals surface area contributed by atoms with Gasteiger partial charge in [0.15, 0.2) is 0 Å². The van der Waals surface area contributed by atoms with Crippen molar-refractivity contribution in [2.45, 2.75) is 13.0 Å². The lowest BCUT2D eigenvalue weighted by Gasteiger charge is -2.26. The van der Waals surface area contributed by atoms with Crippen molar-refractivity contribution in [3.8, 4) is 5.69 Å². The van der Waals surface area contributed by atoms with Crippen LogP contribution >= 0.6 is 11.6 Å². The highest BCUT2D eigenvalue weighted by atomic mass is 35.5. The molecule has 0 fully saturated rings. The quantitative estimate of drug-likeness (QED) is 0.711. The zero-order valence-corrected chi connectivity index (χ0v) is 14.5. The summed E-state index contributed by atoms with van der Waals surface area (Å²) in [6, 6.07) is 11.4. The first-order chi connectivity index (χ1) is 12.0. The van der Waals surface area contributed by atoms with Crippen molar-refractivity contribution in [1.82, 2.24) is 19.7 Å². The Morgan fingerprint density at radius 1 is 1.24 bits per heavy atom. The lowest BCUT2D eigenvalue weighted by molar-refractivity contribution is 0.0738. The van der Waals surface area contributed by atoms with Gasteiger partial charge in [-0.3, -0.25) is 4.79 Å². The topological polar surface area (TPSA) is 51.0 Å². The Morgan fingerprint density at radius 3 is 2.56 bits per heavy atom. The van der Waals surface area contributed by atoms with Gasteiger partial charge in [-0.1, -0.05) is 23.7 Å². The number of hydrogen-bond acceptors (Lipinski definition) is 3. The van der Waals surface area contributed by atoms with Crippen LogP contribution < -0.4 is 0 Å². The van der Waals surface area contributed by atoms with Gasteiger partial charge in [-0.25, -0.2) is 14.1 Å². The predicted molar refractivity (Wildman–Crippen MR) is 93.3 cm³/mol. The normalized spacial score (nSPS) is 12.0. The molecular formula is C18H16ClFN4O. The number of rotatable bonds is 4. The van der Waals surface area contributed by atoms with E-state index in [2.05, 4.69) is 10.1 Å². The number of amides is 1. The Kier molecular flexibility index (Phi) is 4.81. The molecule has 1 atom stereocenters. The number of nitrogens with zero attached hydrogens (tertiary/aromatic N) is 4. The van der Waals surface area contributed by atoms with Gasteiger partial charge >= 0.3 is 0 Å². The SMILES string of the molecule is C[C@@H](c1ccc(-n2cncn2)cc1)N(C)C(=O)c1ccc(Cl)cc1F. The molecule has 1 amide bonds. The van der Waals surface area contributed by atoms with E-state index < -0.39 is 11.7 Å². The maximum Gasteiger partial charge on any atom is 0.257 e. The highest BCUT2D eigenvalue weighted by molar-refractivity contribution is 6.30. The van der Waals surface area contributed by atoms with E-state index in [9.17, 15) is 9.18 Å². The van der Waals surface area contributed by atoms with Crippen LogP contribution in [0.3, 0.4) is 0 Å². The molecule has 0 aliphatic carbocycles. The second-order valence-corrected chi connectivity index (χ2v) is 6.08. The molecule has 25 heavy (non-hydrogen) atoms. The number of aromatic nitrogens is 3. The van der Waals surface area contributed by atoms with Gasteiger partial charge in [0.25, 0.3) is 5.91 Å².